The van der Waals surface area contributed by atoms with Gasteiger partial charge in [0.15, 0.2) is 0 Å². The van der Waals surface area contributed by atoms with E-state index in [2.05, 4.69) is 5.43 Å². The van der Waals surface area contributed by atoms with Crippen molar-refractivity contribution in [3.8, 4) is 0 Å². The Morgan fingerprint density at radius 2 is 2.12 bits per heavy atom. The molecule has 2 atom stereocenters. The van der Waals surface area contributed by atoms with E-state index in [4.69, 9.17) is 33.8 Å². The number of ether oxygens (including phenoxy) is 1. The number of methoxy groups -OCH3 is 1. The highest BCUT2D eigenvalue weighted by atomic mass is 35.5. The van der Waals surface area contributed by atoms with Gasteiger partial charge >= 0.3 is 0 Å². The van der Waals surface area contributed by atoms with E-state index in [1.54, 1.807) is 19.2 Å². The zero-order valence-corrected chi connectivity index (χ0v) is 11.1. The number of benzene rings is 1. The fourth-order valence-electron chi connectivity index (χ4n) is 2.14. The molecule has 0 heterocycles. The molecule has 94 valence electrons. The van der Waals surface area contributed by atoms with Gasteiger partial charge in [-0.05, 0) is 42.5 Å². The van der Waals surface area contributed by atoms with E-state index in [-0.39, 0.29) is 12.1 Å². The van der Waals surface area contributed by atoms with Crippen LogP contribution in [0.5, 0.6) is 0 Å². The molecule has 3 nitrogen and oxygen atoms in total. The summed E-state index contributed by atoms with van der Waals surface area (Å²) in [4.78, 5) is 0. The molecule has 0 amide bonds. The minimum Gasteiger partial charge on any atom is -0.379 e. The Balaban J connectivity index is 2.29. The number of hydrogen-bond donors (Lipinski definition) is 2. The first-order valence-electron chi connectivity index (χ1n) is 5.61. The highest BCUT2D eigenvalue weighted by Crippen LogP contribution is 2.41. The lowest BCUT2D eigenvalue weighted by atomic mass is 9.98. The molecule has 1 aromatic rings. The summed E-state index contributed by atoms with van der Waals surface area (Å²) in [5.74, 6) is 6.19. The molecule has 2 rings (SSSR count). The molecule has 0 spiro atoms. The minimum absolute atomic E-state index is 0.0379. The van der Waals surface area contributed by atoms with Crippen molar-refractivity contribution in [3.63, 3.8) is 0 Å². The van der Waals surface area contributed by atoms with Crippen molar-refractivity contribution >= 4 is 23.2 Å². The summed E-state index contributed by atoms with van der Waals surface area (Å²) in [6.45, 7) is 0. The van der Waals surface area contributed by atoms with Crippen LogP contribution in [-0.4, -0.2) is 13.2 Å². The second-order valence-corrected chi connectivity index (χ2v) is 5.19. The molecule has 0 bridgehead atoms. The van der Waals surface area contributed by atoms with Crippen molar-refractivity contribution < 1.29 is 4.74 Å². The number of hydrazine groups is 1. The number of nitrogens with two attached hydrogens (primary N) is 1. The SMILES string of the molecule is COC(C1CC1)C(NN)c1cc(Cl)ccc1Cl. The second kappa shape index (κ2) is 5.55. The molecule has 0 saturated heterocycles. The Morgan fingerprint density at radius 1 is 1.41 bits per heavy atom. The Labute approximate surface area is 111 Å². The third-order valence-electron chi connectivity index (χ3n) is 3.16. The molecule has 0 aromatic heterocycles. The van der Waals surface area contributed by atoms with Gasteiger partial charge in [0.05, 0.1) is 12.1 Å². The van der Waals surface area contributed by atoms with Gasteiger partial charge < -0.3 is 4.74 Å². The topological polar surface area (TPSA) is 47.3 Å². The summed E-state index contributed by atoms with van der Waals surface area (Å²) in [6.07, 6.45) is 2.39. The summed E-state index contributed by atoms with van der Waals surface area (Å²) in [5, 5.41) is 1.30. The number of halogens is 2. The van der Waals surface area contributed by atoms with E-state index in [0.29, 0.717) is 16.0 Å². The van der Waals surface area contributed by atoms with Crippen LogP contribution in [0.1, 0.15) is 24.4 Å². The highest BCUT2D eigenvalue weighted by Gasteiger charge is 2.37. The van der Waals surface area contributed by atoms with Gasteiger partial charge in [-0.2, -0.15) is 0 Å². The van der Waals surface area contributed by atoms with Crippen molar-refractivity contribution in [2.75, 3.05) is 7.11 Å². The molecule has 2 unspecified atom stereocenters. The van der Waals surface area contributed by atoms with Crippen molar-refractivity contribution in [2.24, 2.45) is 11.8 Å². The molecule has 5 heteroatoms. The molecule has 0 aliphatic heterocycles. The predicted molar refractivity (Wildman–Crippen MR) is 70.0 cm³/mol. The maximum absolute atomic E-state index is 6.19. The van der Waals surface area contributed by atoms with Crippen molar-refractivity contribution in [1.29, 1.82) is 0 Å². The molecule has 1 aromatic carbocycles. The van der Waals surface area contributed by atoms with Crippen LogP contribution < -0.4 is 11.3 Å². The third kappa shape index (κ3) is 2.92. The minimum atomic E-state index is -0.126. The van der Waals surface area contributed by atoms with E-state index >= 15 is 0 Å². The standard InChI is InChI=1S/C12H16Cl2N2O/c1-17-12(7-2-3-7)11(16-15)9-6-8(13)4-5-10(9)14/h4-7,11-12,16H,2-3,15H2,1H3. The van der Waals surface area contributed by atoms with Crippen molar-refractivity contribution in [1.82, 2.24) is 5.43 Å². The van der Waals surface area contributed by atoms with E-state index < -0.39 is 0 Å². The van der Waals surface area contributed by atoms with Gasteiger partial charge in [-0.3, -0.25) is 11.3 Å². The second-order valence-electron chi connectivity index (χ2n) is 4.35. The van der Waals surface area contributed by atoms with Crippen LogP contribution in [0.2, 0.25) is 10.0 Å². The largest absolute Gasteiger partial charge is 0.379 e. The first-order valence-corrected chi connectivity index (χ1v) is 6.37. The van der Waals surface area contributed by atoms with Gasteiger partial charge in [0, 0.05) is 17.2 Å². The summed E-state index contributed by atoms with van der Waals surface area (Å²) >= 11 is 12.2. The monoisotopic (exact) mass is 274 g/mol. The van der Waals surface area contributed by atoms with Gasteiger partial charge in [-0.15, -0.1) is 0 Å². The van der Waals surface area contributed by atoms with Crippen LogP contribution in [0.3, 0.4) is 0 Å². The molecule has 1 aliphatic carbocycles. The lowest BCUT2D eigenvalue weighted by Crippen LogP contribution is -2.38. The average molecular weight is 275 g/mol. The zero-order chi connectivity index (χ0) is 12.4. The van der Waals surface area contributed by atoms with E-state index in [1.807, 2.05) is 6.07 Å². The molecule has 0 radical (unpaired) electrons. The number of nitrogens with one attached hydrogen (secondary N) is 1. The fourth-order valence-corrected chi connectivity index (χ4v) is 2.56. The third-order valence-corrected chi connectivity index (χ3v) is 3.74. The summed E-state index contributed by atoms with van der Waals surface area (Å²) in [7, 11) is 1.70. The van der Waals surface area contributed by atoms with E-state index in [1.165, 1.54) is 12.8 Å². The summed E-state index contributed by atoms with van der Waals surface area (Å²) in [6, 6.07) is 5.25. The van der Waals surface area contributed by atoms with Gasteiger partial charge in [-0.1, -0.05) is 23.2 Å². The highest BCUT2D eigenvalue weighted by molar-refractivity contribution is 6.33. The van der Waals surface area contributed by atoms with Gasteiger partial charge in [0.25, 0.3) is 0 Å². The quantitative estimate of drug-likeness (QED) is 0.641. The molecular weight excluding hydrogens is 259 g/mol. The fraction of sp³-hybridized carbons (Fsp3) is 0.500. The van der Waals surface area contributed by atoms with E-state index in [9.17, 15) is 0 Å². The first-order chi connectivity index (χ1) is 8.17. The molecule has 3 N–H and O–H groups in total. The number of hydrogen-bond acceptors (Lipinski definition) is 3. The average Bonchev–Trinajstić information content (AvgIpc) is 3.13. The Morgan fingerprint density at radius 3 is 2.65 bits per heavy atom. The Bertz CT molecular complexity index is 396. The Hall–Kier alpha value is -0.320. The van der Waals surface area contributed by atoms with E-state index in [0.717, 1.165) is 5.56 Å². The lowest BCUT2D eigenvalue weighted by molar-refractivity contribution is 0.0507. The lowest BCUT2D eigenvalue weighted by Gasteiger charge is -2.26. The first kappa shape index (κ1) is 13.1. The van der Waals surface area contributed by atoms with Crippen LogP contribution in [0.25, 0.3) is 0 Å². The van der Waals surface area contributed by atoms with Crippen molar-refractivity contribution in [2.45, 2.75) is 25.0 Å². The van der Waals surface area contributed by atoms with Crippen LogP contribution in [0, 0.1) is 5.92 Å². The maximum atomic E-state index is 6.19. The smallest absolute Gasteiger partial charge is 0.0807 e. The van der Waals surface area contributed by atoms with Crippen LogP contribution in [0.15, 0.2) is 18.2 Å². The van der Waals surface area contributed by atoms with Crippen molar-refractivity contribution in [3.05, 3.63) is 33.8 Å². The van der Waals surface area contributed by atoms with Crippen LogP contribution >= 0.6 is 23.2 Å². The maximum Gasteiger partial charge on any atom is 0.0807 e. The van der Waals surface area contributed by atoms with Gasteiger partial charge in [0.2, 0.25) is 0 Å². The number of rotatable bonds is 5. The predicted octanol–water partition coefficient (Wildman–Crippen LogP) is 2.92. The Kier molecular flexibility index (Phi) is 4.28. The molecular formula is C12H16Cl2N2O. The molecule has 1 saturated carbocycles. The van der Waals surface area contributed by atoms with Gasteiger partial charge in [0.1, 0.15) is 0 Å². The summed E-state index contributed by atoms with van der Waals surface area (Å²) < 4.78 is 5.53. The van der Waals surface area contributed by atoms with Crippen LogP contribution in [-0.2, 0) is 4.74 Å². The summed E-state index contributed by atoms with van der Waals surface area (Å²) in [5.41, 5.74) is 3.68. The molecule has 17 heavy (non-hydrogen) atoms. The van der Waals surface area contributed by atoms with Crippen LogP contribution in [0.4, 0.5) is 0 Å². The van der Waals surface area contributed by atoms with Gasteiger partial charge in [-0.25, -0.2) is 0 Å². The zero-order valence-electron chi connectivity index (χ0n) is 9.62. The molecule has 1 aliphatic rings. The normalized spacial score (nSPS) is 19.1. The molecule has 1 fully saturated rings.